The van der Waals surface area contributed by atoms with E-state index < -0.39 is 18.0 Å². The van der Waals surface area contributed by atoms with E-state index in [-0.39, 0.29) is 0 Å². The zero-order valence-electron chi connectivity index (χ0n) is 16.6. The van der Waals surface area contributed by atoms with Gasteiger partial charge in [0.2, 0.25) is 0 Å². The van der Waals surface area contributed by atoms with Crippen molar-refractivity contribution in [3.05, 3.63) is 77.6 Å². The number of H-pyrrole nitrogens is 1. The number of hydrogen-bond donors (Lipinski definition) is 2. The quantitative estimate of drug-likeness (QED) is 0.423. The van der Waals surface area contributed by atoms with Gasteiger partial charge >= 0.3 is 5.97 Å². The third kappa shape index (κ3) is 4.57. The van der Waals surface area contributed by atoms with E-state index in [2.05, 4.69) is 20.3 Å². The summed E-state index contributed by atoms with van der Waals surface area (Å²) >= 11 is 6.08. The molecule has 8 heteroatoms. The molecule has 1 atom stereocenters. The molecule has 0 saturated heterocycles. The molecule has 2 aromatic heterocycles. The molecule has 31 heavy (non-hydrogen) atoms. The molecule has 0 spiro atoms. The fourth-order valence-corrected chi connectivity index (χ4v) is 3.25. The Morgan fingerprint density at radius 1 is 1.16 bits per heavy atom. The molecule has 7 nitrogen and oxygen atoms in total. The van der Waals surface area contributed by atoms with E-state index >= 15 is 0 Å². The van der Waals surface area contributed by atoms with E-state index in [4.69, 9.17) is 16.3 Å². The smallest absolute Gasteiger partial charge is 0.338 e. The van der Waals surface area contributed by atoms with Gasteiger partial charge in [0.1, 0.15) is 5.82 Å². The van der Waals surface area contributed by atoms with E-state index in [0.717, 1.165) is 5.56 Å². The first-order valence-corrected chi connectivity index (χ1v) is 10.1. The molecular formula is C23H19ClN4O3. The monoisotopic (exact) mass is 434 g/mol. The first kappa shape index (κ1) is 20.6. The Hall–Kier alpha value is -3.71. The molecule has 1 amide bonds. The summed E-state index contributed by atoms with van der Waals surface area (Å²) in [5.74, 6) is -0.384. The molecule has 156 valence electrons. The number of anilines is 1. The van der Waals surface area contributed by atoms with Crippen LogP contribution >= 0.6 is 11.6 Å². The molecule has 2 N–H and O–H groups in total. The zero-order chi connectivity index (χ0) is 21.8. The first-order valence-electron chi connectivity index (χ1n) is 9.71. The minimum Gasteiger partial charge on any atom is -0.449 e. The average molecular weight is 435 g/mol. The van der Waals surface area contributed by atoms with Gasteiger partial charge in [0.15, 0.2) is 6.10 Å². The molecule has 0 radical (unpaired) electrons. The SMILES string of the molecule is CCC(OC(=O)c1ccc2nc(-c3cccnc3)[nH]c2c1)C(=O)Nc1ccccc1Cl. The van der Waals surface area contributed by atoms with Crippen molar-refractivity contribution in [1.82, 2.24) is 15.0 Å². The maximum atomic E-state index is 12.7. The molecule has 2 heterocycles. The number of pyridine rings is 1. The zero-order valence-corrected chi connectivity index (χ0v) is 17.4. The minimum atomic E-state index is -0.952. The summed E-state index contributed by atoms with van der Waals surface area (Å²) in [5.41, 5.74) is 3.01. The molecule has 0 aliphatic heterocycles. The van der Waals surface area contributed by atoms with Gasteiger partial charge in [-0.3, -0.25) is 9.78 Å². The number of fused-ring (bicyclic) bond motifs is 1. The molecule has 4 rings (SSSR count). The molecule has 1 unspecified atom stereocenters. The molecule has 0 aliphatic carbocycles. The van der Waals surface area contributed by atoms with E-state index in [9.17, 15) is 9.59 Å². The number of amides is 1. The number of halogens is 1. The second-order valence-corrected chi connectivity index (χ2v) is 7.24. The molecule has 0 bridgehead atoms. The lowest BCUT2D eigenvalue weighted by molar-refractivity contribution is -0.124. The number of benzene rings is 2. The van der Waals surface area contributed by atoms with Gasteiger partial charge in [-0.1, -0.05) is 30.7 Å². The number of hydrogen-bond acceptors (Lipinski definition) is 5. The van der Waals surface area contributed by atoms with E-state index in [1.165, 1.54) is 0 Å². The standard InChI is InChI=1S/C23H19ClN4O3/c1-2-20(22(29)28-17-8-4-3-7-16(17)24)31-23(30)14-9-10-18-19(12-14)27-21(26-18)15-6-5-11-25-13-15/h3-13,20H,2H2,1H3,(H,26,27)(H,28,29). The predicted molar refractivity (Wildman–Crippen MR) is 119 cm³/mol. The van der Waals surface area contributed by atoms with Crippen LogP contribution in [0.4, 0.5) is 5.69 Å². The Bertz CT molecular complexity index is 1240. The second kappa shape index (κ2) is 8.97. The van der Waals surface area contributed by atoms with Crippen LogP contribution in [0.25, 0.3) is 22.4 Å². The lowest BCUT2D eigenvalue weighted by atomic mass is 10.2. The van der Waals surface area contributed by atoms with E-state index in [1.54, 1.807) is 61.8 Å². The van der Waals surface area contributed by atoms with E-state index in [0.29, 0.717) is 39.6 Å². The largest absolute Gasteiger partial charge is 0.449 e. The van der Waals surface area contributed by atoms with Crippen LogP contribution in [0.5, 0.6) is 0 Å². The summed E-state index contributed by atoms with van der Waals surface area (Å²) < 4.78 is 5.46. The van der Waals surface area contributed by atoms with Gasteiger partial charge < -0.3 is 15.0 Å². The number of esters is 1. The summed E-state index contributed by atoms with van der Waals surface area (Å²) in [5, 5.41) is 3.11. The Morgan fingerprint density at radius 3 is 2.74 bits per heavy atom. The third-order valence-electron chi connectivity index (χ3n) is 4.70. The normalized spacial score (nSPS) is 11.8. The third-order valence-corrected chi connectivity index (χ3v) is 5.03. The van der Waals surface area contributed by atoms with Crippen molar-refractivity contribution in [2.75, 3.05) is 5.32 Å². The summed E-state index contributed by atoms with van der Waals surface area (Å²) in [4.78, 5) is 37.0. The van der Waals surface area contributed by atoms with Crippen LogP contribution in [0.15, 0.2) is 67.0 Å². The number of aromatic nitrogens is 3. The van der Waals surface area contributed by atoms with Crippen LogP contribution in [0.2, 0.25) is 5.02 Å². The van der Waals surface area contributed by atoms with Gasteiger partial charge in [-0.05, 0) is 48.9 Å². The number of rotatable bonds is 6. The molecule has 0 saturated carbocycles. The highest BCUT2D eigenvalue weighted by Crippen LogP contribution is 2.23. The van der Waals surface area contributed by atoms with Gasteiger partial charge in [0, 0.05) is 18.0 Å². The van der Waals surface area contributed by atoms with E-state index in [1.807, 2.05) is 12.1 Å². The first-order chi connectivity index (χ1) is 15.0. The number of aromatic amines is 1. The number of carbonyl (C=O) groups excluding carboxylic acids is 2. The fraction of sp³-hybridized carbons (Fsp3) is 0.130. The lowest BCUT2D eigenvalue weighted by Crippen LogP contribution is -2.32. The van der Waals surface area contributed by atoms with Gasteiger partial charge in [0.05, 0.1) is 27.3 Å². The molecule has 0 fully saturated rings. The number of para-hydroxylation sites is 1. The number of imidazole rings is 1. The summed E-state index contributed by atoms with van der Waals surface area (Å²) in [6.45, 7) is 1.77. The molecule has 2 aromatic carbocycles. The van der Waals surface area contributed by atoms with Crippen molar-refractivity contribution in [2.24, 2.45) is 0 Å². The summed E-state index contributed by atoms with van der Waals surface area (Å²) in [7, 11) is 0. The highest BCUT2D eigenvalue weighted by atomic mass is 35.5. The van der Waals surface area contributed by atoms with Gasteiger partial charge in [-0.15, -0.1) is 0 Å². The van der Waals surface area contributed by atoms with Crippen LogP contribution in [0.1, 0.15) is 23.7 Å². The number of carbonyl (C=O) groups is 2. The van der Waals surface area contributed by atoms with Crippen LogP contribution in [-0.2, 0) is 9.53 Å². The van der Waals surface area contributed by atoms with Gasteiger partial charge in [-0.2, -0.15) is 0 Å². The van der Waals surface area contributed by atoms with Crippen LogP contribution < -0.4 is 5.32 Å². The van der Waals surface area contributed by atoms with Crippen molar-refractivity contribution < 1.29 is 14.3 Å². The second-order valence-electron chi connectivity index (χ2n) is 6.83. The van der Waals surface area contributed by atoms with Gasteiger partial charge in [0.25, 0.3) is 5.91 Å². The summed E-state index contributed by atoms with van der Waals surface area (Å²) in [6.07, 6.45) is 2.76. The van der Waals surface area contributed by atoms with Crippen molar-refractivity contribution >= 4 is 40.2 Å². The lowest BCUT2D eigenvalue weighted by Gasteiger charge is -2.16. The Kier molecular flexibility index (Phi) is 5.95. The molecule has 4 aromatic rings. The average Bonchev–Trinajstić information content (AvgIpc) is 3.23. The van der Waals surface area contributed by atoms with Crippen molar-refractivity contribution in [1.29, 1.82) is 0 Å². The maximum absolute atomic E-state index is 12.7. The summed E-state index contributed by atoms with van der Waals surface area (Å²) in [6, 6.07) is 15.6. The van der Waals surface area contributed by atoms with Crippen LogP contribution in [0.3, 0.4) is 0 Å². The van der Waals surface area contributed by atoms with Crippen LogP contribution in [0, 0.1) is 0 Å². The topological polar surface area (TPSA) is 97.0 Å². The minimum absolute atomic E-state index is 0.317. The Balaban J connectivity index is 1.50. The Morgan fingerprint density at radius 2 is 2.00 bits per heavy atom. The highest BCUT2D eigenvalue weighted by Gasteiger charge is 2.23. The number of ether oxygens (including phenoxy) is 1. The van der Waals surface area contributed by atoms with Crippen molar-refractivity contribution in [3.63, 3.8) is 0 Å². The van der Waals surface area contributed by atoms with Crippen molar-refractivity contribution in [2.45, 2.75) is 19.4 Å². The molecule has 0 aliphatic rings. The highest BCUT2D eigenvalue weighted by molar-refractivity contribution is 6.33. The maximum Gasteiger partial charge on any atom is 0.338 e. The van der Waals surface area contributed by atoms with Gasteiger partial charge in [-0.25, -0.2) is 9.78 Å². The fourth-order valence-electron chi connectivity index (χ4n) is 3.07. The van der Waals surface area contributed by atoms with Crippen LogP contribution in [-0.4, -0.2) is 32.9 Å². The Labute approximate surface area is 183 Å². The molecular weight excluding hydrogens is 416 g/mol. The number of nitrogens with one attached hydrogen (secondary N) is 2. The number of nitrogens with zero attached hydrogens (tertiary/aromatic N) is 2. The predicted octanol–water partition coefficient (Wildman–Crippen LogP) is 4.85. The van der Waals surface area contributed by atoms with Crippen molar-refractivity contribution in [3.8, 4) is 11.4 Å².